The van der Waals surface area contributed by atoms with Crippen LogP contribution in [0.2, 0.25) is 0 Å². The molecule has 2 rings (SSSR count). The predicted molar refractivity (Wildman–Crippen MR) is 102 cm³/mol. The molecule has 1 aromatic rings. The first kappa shape index (κ1) is 22.0. The summed E-state index contributed by atoms with van der Waals surface area (Å²) in [5.74, 6) is -3.32. The fraction of sp³-hybridized carbons (Fsp3) is 0.571. The number of hydrogen-bond acceptors (Lipinski definition) is 3. The summed E-state index contributed by atoms with van der Waals surface area (Å²) < 4.78 is 13.7. The van der Waals surface area contributed by atoms with Crippen molar-refractivity contribution in [2.24, 2.45) is 11.3 Å². The third kappa shape index (κ3) is 3.11. The highest BCUT2D eigenvalue weighted by molar-refractivity contribution is 5.79. The summed E-state index contributed by atoms with van der Waals surface area (Å²) in [5, 5.41) is 20.4. The van der Waals surface area contributed by atoms with Crippen LogP contribution in [0.15, 0.2) is 18.2 Å². The summed E-state index contributed by atoms with van der Waals surface area (Å²) in [4.78, 5) is 37.1. The van der Waals surface area contributed by atoms with Crippen LogP contribution < -0.4 is 0 Å². The van der Waals surface area contributed by atoms with Gasteiger partial charge in [-0.3, -0.25) is 4.79 Å². The van der Waals surface area contributed by atoms with Gasteiger partial charge in [-0.1, -0.05) is 19.1 Å². The molecule has 0 radical (unpaired) electrons. The van der Waals surface area contributed by atoms with E-state index in [0.29, 0.717) is 17.4 Å². The van der Waals surface area contributed by atoms with Crippen molar-refractivity contribution >= 4 is 18.3 Å². The van der Waals surface area contributed by atoms with Crippen LogP contribution >= 0.6 is 0 Å². The molecular weight excluding hydrogens is 365 g/mol. The van der Waals surface area contributed by atoms with Crippen LogP contribution in [0.4, 0.5) is 9.18 Å². The van der Waals surface area contributed by atoms with Crippen LogP contribution in [0.25, 0.3) is 0 Å². The van der Waals surface area contributed by atoms with Crippen LogP contribution in [0.5, 0.6) is 0 Å². The molecule has 0 bridgehead atoms. The third-order valence-electron chi connectivity index (χ3n) is 6.62. The number of nitrogens with zero attached hydrogens (tertiary/aromatic N) is 1. The van der Waals surface area contributed by atoms with Crippen LogP contribution in [-0.2, 0) is 9.59 Å². The van der Waals surface area contributed by atoms with Gasteiger partial charge in [0, 0.05) is 5.92 Å². The molecule has 0 aromatic heterocycles. The minimum Gasteiger partial charge on any atom is -0.481 e. The van der Waals surface area contributed by atoms with Crippen molar-refractivity contribution in [2.75, 3.05) is 13.1 Å². The predicted octanol–water partition coefficient (Wildman–Crippen LogP) is 3.82. The molecule has 1 fully saturated rings. The highest BCUT2D eigenvalue weighted by atomic mass is 19.1. The molecule has 1 aliphatic heterocycles. The molecule has 1 heterocycles. The Labute approximate surface area is 164 Å². The van der Waals surface area contributed by atoms with Crippen LogP contribution in [0.3, 0.4) is 0 Å². The molecule has 0 aliphatic carbocycles. The Morgan fingerprint density at radius 1 is 1.32 bits per heavy atom. The van der Waals surface area contributed by atoms with Gasteiger partial charge in [0.2, 0.25) is 0 Å². The molecule has 7 heteroatoms. The van der Waals surface area contributed by atoms with Crippen molar-refractivity contribution < 1.29 is 33.5 Å². The first-order valence-corrected chi connectivity index (χ1v) is 9.42. The molecular formula is C21H29FNO5+. The van der Waals surface area contributed by atoms with Gasteiger partial charge < -0.3 is 15.0 Å². The Morgan fingerprint density at radius 2 is 1.93 bits per heavy atom. The van der Waals surface area contributed by atoms with E-state index in [1.807, 2.05) is 0 Å². The second-order valence-corrected chi connectivity index (χ2v) is 8.81. The number of amides is 1. The summed E-state index contributed by atoms with van der Waals surface area (Å²) in [7, 11) is 0. The second-order valence-electron chi connectivity index (χ2n) is 8.81. The number of hydrogen-bond donors (Lipinski definition) is 2. The standard InChI is InChI=1S/C21H28FNO5/c1-6-21(18(25)26)12-23(19(27)28,20(3,4)5)10-14(11-24)17(21)15-8-7-9-16(22)13(15)2/h7-9,11,14,17H,6,10,12H2,1-5H3,(H-,25,26,27,28)/p+1/t14-,17+,21+,23+/m1/s1. The zero-order valence-corrected chi connectivity index (χ0v) is 17.0. The van der Waals surface area contributed by atoms with E-state index >= 15 is 0 Å². The summed E-state index contributed by atoms with van der Waals surface area (Å²) in [6, 6.07) is 4.43. The number of carboxylic acids is 1. The van der Waals surface area contributed by atoms with Crippen molar-refractivity contribution in [1.82, 2.24) is 0 Å². The lowest BCUT2D eigenvalue weighted by molar-refractivity contribution is -0.916. The lowest BCUT2D eigenvalue weighted by Gasteiger charge is -2.55. The van der Waals surface area contributed by atoms with Gasteiger partial charge in [-0.15, -0.1) is 0 Å². The molecule has 2 N–H and O–H groups in total. The van der Waals surface area contributed by atoms with Crippen molar-refractivity contribution in [1.29, 1.82) is 0 Å². The van der Waals surface area contributed by atoms with Crippen molar-refractivity contribution in [3.63, 3.8) is 0 Å². The molecule has 0 saturated carbocycles. The van der Waals surface area contributed by atoms with Gasteiger partial charge in [0.1, 0.15) is 29.6 Å². The van der Waals surface area contributed by atoms with E-state index in [1.165, 1.54) is 12.1 Å². The molecule has 6 nitrogen and oxygen atoms in total. The average Bonchev–Trinajstić information content (AvgIpc) is 2.61. The molecule has 0 unspecified atom stereocenters. The highest BCUT2D eigenvalue weighted by Crippen LogP contribution is 2.53. The molecule has 28 heavy (non-hydrogen) atoms. The Morgan fingerprint density at radius 3 is 2.36 bits per heavy atom. The topological polar surface area (TPSA) is 91.7 Å². The molecule has 1 aliphatic rings. The quantitative estimate of drug-likeness (QED) is 0.598. The maximum Gasteiger partial charge on any atom is 0.514 e. The number of rotatable bonds is 4. The fourth-order valence-corrected chi connectivity index (χ4v) is 4.76. The molecule has 1 aromatic carbocycles. The van der Waals surface area contributed by atoms with E-state index in [1.54, 1.807) is 40.7 Å². The number of aldehydes is 1. The fourth-order valence-electron chi connectivity index (χ4n) is 4.76. The minimum atomic E-state index is -1.52. The smallest absolute Gasteiger partial charge is 0.481 e. The number of halogens is 1. The van der Waals surface area contributed by atoms with E-state index < -0.39 is 45.2 Å². The first-order chi connectivity index (χ1) is 12.9. The minimum absolute atomic E-state index is 0.0437. The van der Waals surface area contributed by atoms with Gasteiger partial charge in [-0.2, -0.15) is 4.79 Å². The van der Waals surface area contributed by atoms with E-state index in [2.05, 4.69) is 0 Å². The average molecular weight is 394 g/mol. The summed E-state index contributed by atoms with van der Waals surface area (Å²) in [5.41, 5.74) is -1.60. The van der Waals surface area contributed by atoms with Gasteiger partial charge in [-0.05, 0) is 51.3 Å². The molecule has 154 valence electrons. The lowest BCUT2D eigenvalue weighted by Crippen LogP contribution is -2.73. The largest absolute Gasteiger partial charge is 0.514 e. The van der Waals surface area contributed by atoms with E-state index in [9.17, 15) is 29.0 Å². The third-order valence-corrected chi connectivity index (χ3v) is 6.62. The van der Waals surface area contributed by atoms with Crippen LogP contribution in [-0.4, -0.2) is 51.7 Å². The Balaban J connectivity index is 2.83. The zero-order valence-electron chi connectivity index (χ0n) is 17.0. The Bertz CT molecular complexity index is 802. The molecule has 1 saturated heterocycles. The number of piperidine rings is 1. The zero-order chi connectivity index (χ0) is 21.5. The Kier molecular flexibility index (Phi) is 5.72. The van der Waals surface area contributed by atoms with Crippen molar-refractivity contribution in [3.8, 4) is 0 Å². The number of carbonyl (C=O) groups is 3. The summed E-state index contributed by atoms with van der Waals surface area (Å²) in [6.07, 6.45) is -0.396. The summed E-state index contributed by atoms with van der Waals surface area (Å²) >= 11 is 0. The number of quaternary nitrogens is 1. The summed E-state index contributed by atoms with van der Waals surface area (Å²) in [6.45, 7) is 8.23. The van der Waals surface area contributed by atoms with Crippen molar-refractivity contribution in [2.45, 2.75) is 52.5 Å². The van der Waals surface area contributed by atoms with Gasteiger partial charge in [0.15, 0.2) is 0 Å². The number of carbonyl (C=O) groups excluding carboxylic acids is 1. The number of carboxylic acid groups (broad SMARTS) is 2. The normalized spacial score (nSPS) is 30.6. The lowest BCUT2D eigenvalue weighted by atomic mass is 9.60. The Hall–Kier alpha value is -2.28. The van der Waals surface area contributed by atoms with Crippen LogP contribution in [0, 0.1) is 24.1 Å². The highest BCUT2D eigenvalue weighted by Gasteiger charge is 2.65. The van der Waals surface area contributed by atoms with E-state index in [-0.39, 0.29) is 19.5 Å². The maximum absolute atomic E-state index is 14.3. The first-order valence-electron chi connectivity index (χ1n) is 9.42. The monoisotopic (exact) mass is 394 g/mol. The second kappa shape index (κ2) is 7.28. The van der Waals surface area contributed by atoms with E-state index in [4.69, 9.17) is 0 Å². The van der Waals surface area contributed by atoms with Gasteiger partial charge >= 0.3 is 12.1 Å². The maximum atomic E-state index is 14.3. The number of aliphatic carboxylic acids is 1. The molecule has 0 spiro atoms. The van der Waals surface area contributed by atoms with Gasteiger partial charge in [0.05, 0.1) is 12.5 Å². The SMILES string of the molecule is CC[C@]1(C(=O)O)C[N@@+](C(=O)O)(C(C)(C)C)C[C@H](C=O)[C@H]1c1cccc(F)c1C. The number of likely N-dealkylation sites (tertiary alicyclic amines) is 1. The van der Waals surface area contributed by atoms with Crippen molar-refractivity contribution in [3.05, 3.63) is 35.1 Å². The van der Waals surface area contributed by atoms with E-state index in [0.717, 1.165) is 0 Å². The van der Waals surface area contributed by atoms with Gasteiger partial charge in [-0.25, -0.2) is 8.87 Å². The molecule has 1 amide bonds. The molecule has 4 atom stereocenters. The van der Waals surface area contributed by atoms with Gasteiger partial charge in [0.25, 0.3) is 0 Å². The van der Waals surface area contributed by atoms with Crippen LogP contribution in [0.1, 0.15) is 51.2 Å². The number of benzene rings is 1.